The zero-order chi connectivity index (χ0) is 30.1. The Morgan fingerprint density at radius 1 is 1.02 bits per heavy atom. The molecule has 2 aromatic carbocycles. The molecular formula is C30H26BrCl3N2O6. The average molecular weight is 697 g/mol. The van der Waals surface area contributed by atoms with Gasteiger partial charge in [0.1, 0.15) is 12.4 Å². The van der Waals surface area contributed by atoms with Crippen molar-refractivity contribution in [3.05, 3.63) is 70.3 Å². The lowest BCUT2D eigenvalue weighted by Crippen LogP contribution is -2.60. The van der Waals surface area contributed by atoms with Crippen molar-refractivity contribution in [2.75, 3.05) is 23.6 Å². The van der Waals surface area contributed by atoms with Gasteiger partial charge in [0, 0.05) is 10.9 Å². The van der Waals surface area contributed by atoms with Gasteiger partial charge in [0.05, 0.1) is 29.6 Å². The van der Waals surface area contributed by atoms with Crippen molar-refractivity contribution in [1.82, 2.24) is 4.90 Å². The van der Waals surface area contributed by atoms with Crippen molar-refractivity contribution in [3.63, 3.8) is 0 Å². The molecule has 2 aliphatic carbocycles. The zero-order valence-electron chi connectivity index (χ0n) is 22.4. The summed E-state index contributed by atoms with van der Waals surface area (Å²) in [6.45, 7) is 1.78. The van der Waals surface area contributed by atoms with Gasteiger partial charge < -0.3 is 9.84 Å². The van der Waals surface area contributed by atoms with E-state index in [1.807, 2.05) is 13.0 Å². The van der Waals surface area contributed by atoms with Crippen molar-refractivity contribution in [3.8, 4) is 5.75 Å². The number of imide groups is 2. The second kappa shape index (κ2) is 10.6. The van der Waals surface area contributed by atoms with Crippen LogP contribution in [-0.4, -0.2) is 62.1 Å². The van der Waals surface area contributed by atoms with Crippen LogP contribution in [0.4, 0.5) is 5.69 Å². The second-order valence-corrected chi connectivity index (χ2v) is 13.2. The number of alkyl halides is 3. The Morgan fingerprint density at radius 3 is 2.38 bits per heavy atom. The van der Waals surface area contributed by atoms with Crippen LogP contribution in [0.5, 0.6) is 5.75 Å². The van der Waals surface area contributed by atoms with E-state index in [-0.39, 0.29) is 37.4 Å². The third kappa shape index (κ3) is 4.04. The van der Waals surface area contributed by atoms with Gasteiger partial charge in [0.15, 0.2) is 9.75 Å². The lowest BCUT2D eigenvalue weighted by Gasteiger charge is -2.50. The number of aliphatic hydroxyl groups is 1. The number of nitrogens with zero attached hydrogens (tertiary/aromatic N) is 2. The number of carbonyl (C=O) groups is 4. The number of aliphatic hydroxyl groups excluding tert-OH is 1. The highest BCUT2D eigenvalue weighted by molar-refractivity contribution is 9.09. The Kier molecular flexibility index (Phi) is 7.50. The van der Waals surface area contributed by atoms with Crippen molar-refractivity contribution < 1.29 is 29.0 Å². The van der Waals surface area contributed by atoms with E-state index in [1.54, 1.807) is 42.5 Å². The Labute approximate surface area is 265 Å². The Morgan fingerprint density at radius 2 is 1.74 bits per heavy atom. The molecule has 4 amide bonds. The quantitative estimate of drug-likeness (QED) is 0.199. The van der Waals surface area contributed by atoms with E-state index in [0.717, 1.165) is 10.5 Å². The van der Waals surface area contributed by atoms with Crippen molar-refractivity contribution in [2.24, 2.45) is 17.8 Å². The SMILES string of the molecule is Cc1ccc(N2C(=O)C3CC=C4C(CC5(Cl)C(=O)N(CBr)C(=O)C5(Cl)C4c4ccc(OCCO)cc4)C3C2=O)cc1Cl. The fourth-order valence-electron chi connectivity index (χ4n) is 7.02. The number of rotatable bonds is 6. The third-order valence-electron chi connectivity index (χ3n) is 9.00. The first-order valence-corrected chi connectivity index (χ1v) is 15.7. The van der Waals surface area contributed by atoms with E-state index in [1.165, 1.54) is 4.90 Å². The zero-order valence-corrected chi connectivity index (χ0v) is 26.2. The molecule has 2 heterocycles. The van der Waals surface area contributed by atoms with Crippen LogP contribution in [0.1, 0.15) is 29.9 Å². The number of carbonyl (C=O) groups excluding carboxylic acids is 4. The molecule has 2 aromatic rings. The van der Waals surface area contributed by atoms with Gasteiger partial charge in [-0.1, -0.05) is 57.4 Å². The molecule has 0 bridgehead atoms. The first kappa shape index (κ1) is 29.6. The van der Waals surface area contributed by atoms with Gasteiger partial charge in [0.2, 0.25) is 11.8 Å². The van der Waals surface area contributed by atoms with Crippen LogP contribution in [0.2, 0.25) is 5.02 Å². The van der Waals surface area contributed by atoms with E-state index < -0.39 is 51.1 Å². The fourth-order valence-corrected chi connectivity index (χ4v) is 8.62. The molecule has 0 spiro atoms. The minimum Gasteiger partial charge on any atom is -0.491 e. The minimum atomic E-state index is -1.88. The molecule has 0 aromatic heterocycles. The van der Waals surface area contributed by atoms with E-state index in [0.29, 0.717) is 27.6 Å². The Hall–Kier alpha value is -2.43. The Bertz CT molecular complexity index is 1550. The average Bonchev–Trinajstić information content (AvgIpc) is 3.31. The molecule has 6 unspecified atom stereocenters. The molecule has 0 radical (unpaired) electrons. The maximum atomic E-state index is 14.1. The van der Waals surface area contributed by atoms with Gasteiger partial charge in [-0.05, 0) is 61.1 Å². The van der Waals surface area contributed by atoms with Gasteiger partial charge >= 0.3 is 0 Å². The molecule has 1 saturated carbocycles. The number of ether oxygens (including phenoxy) is 1. The molecular weight excluding hydrogens is 671 g/mol. The summed E-state index contributed by atoms with van der Waals surface area (Å²) in [6.07, 6.45) is 2.06. The van der Waals surface area contributed by atoms with Crippen LogP contribution >= 0.6 is 50.7 Å². The summed E-state index contributed by atoms with van der Waals surface area (Å²) >= 11 is 24.1. The summed E-state index contributed by atoms with van der Waals surface area (Å²) in [4.78, 5) is 53.8. The highest BCUT2D eigenvalue weighted by Gasteiger charge is 2.76. The van der Waals surface area contributed by atoms with E-state index in [4.69, 9.17) is 44.6 Å². The highest BCUT2D eigenvalue weighted by atomic mass is 79.9. The lowest BCUT2D eigenvalue weighted by molar-refractivity contribution is -0.138. The number of benzene rings is 2. The van der Waals surface area contributed by atoms with Gasteiger partial charge in [-0.15, -0.1) is 23.2 Å². The largest absolute Gasteiger partial charge is 0.491 e. The Balaban J connectivity index is 1.47. The molecule has 4 aliphatic rings. The van der Waals surface area contributed by atoms with E-state index >= 15 is 0 Å². The number of anilines is 1. The first-order valence-electron chi connectivity index (χ1n) is 13.5. The van der Waals surface area contributed by atoms with Gasteiger partial charge in [-0.3, -0.25) is 24.1 Å². The van der Waals surface area contributed by atoms with Crippen LogP contribution in [0.25, 0.3) is 0 Å². The summed E-state index contributed by atoms with van der Waals surface area (Å²) in [6, 6.07) is 11.9. The smallest absolute Gasteiger partial charge is 0.254 e. The van der Waals surface area contributed by atoms with Crippen molar-refractivity contribution >= 4 is 80.0 Å². The van der Waals surface area contributed by atoms with Gasteiger partial charge in [0.25, 0.3) is 11.8 Å². The highest BCUT2D eigenvalue weighted by Crippen LogP contribution is 2.65. The normalized spacial score (nSPS) is 32.1. The monoisotopic (exact) mass is 694 g/mol. The van der Waals surface area contributed by atoms with E-state index in [2.05, 4.69) is 15.9 Å². The number of halogens is 4. The summed E-state index contributed by atoms with van der Waals surface area (Å²) < 4.78 is 5.50. The summed E-state index contributed by atoms with van der Waals surface area (Å²) in [5, 5.41) is 9.54. The standard InChI is InChI=1S/C30H26BrCl3N2O6/c1-15-2-5-17(12-22(15)32)36-25(38)20-9-8-19-21(23(20)26(36)39)13-29(33)27(40)35(14-31)28(41)30(29,34)24(19)16-3-6-18(7-4-16)42-11-10-37/h2-8,12,20-21,23-24,37H,9-11,13-14H2,1H3. The molecule has 6 rings (SSSR count). The van der Waals surface area contributed by atoms with Crippen molar-refractivity contribution in [2.45, 2.75) is 35.4 Å². The number of allylic oxidation sites excluding steroid dienone is 2. The van der Waals surface area contributed by atoms with Crippen molar-refractivity contribution in [1.29, 1.82) is 0 Å². The van der Waals surface area contributed by atoms with Gasteiger partial charge in [-0.2, -0.15) is 0 Å². The molecule has 6 atom stereocenters. The predicted octanol–water partition coefficient (Wildman–Crippen LogP) is 4.94. The van der Waals surface area contributed by atoms with Crippen LogP contribution in [0, 0.1) is 24.7 Å². The number of hydrogen-bond donors (Lipinski definition) is 1. The minimum absolute atomic E-state index is 0.0885. The number of likely N-dealkylation sites (tertiary alicyclic amines) is 1. The molecule has 220 valence electrons. The fraction of sp³-hybridized carbons (Fsp3) is 0.400. The van der Waals surface area contributed by atoms with Crippen LogP contribution < -0.4 is 9.64 Å². The first-order chi connectivity index (χ1) is 20.0. The summed E-state index contributed by atoms with van der Waals surface area (Å²) in [5.74, 6) is -4.47. The maximum absolute atomic E-state index is 14.1. The molecule has 8 nitrogen and oxygen atoms in total. The molecule has 12 heteroatoms. The summed E-state index contributed by atoms with van der Waals surface area (Å²) in [7, 11) is 0. The number of amides is 4. The van der Waals surface area contributed by atoms with Crippen LogP contribution in [0.15, 0.2) is 54.1 Å². The van der Waals surface area contributed by atoms with Gasteiger partial charge in [-0.25, -0.2) is 4.90 Å². The number of fused-ring (bicyclic) bond motifs is 4. The topological polar surface area (TPSA) is 104 Å². The number of hydrogen-bond acceptors (Lipinski definition) is 6. The molecule has 2 aliphatic heterocycles. The van der Waals surface area contributed by atoms with E-state index in [9.17, 15) is 19.2 Å². The van der Waals surface area contributed by atoms with Crippen LogP contribution in [-0.2, 0) is 19.2 Å². The molecule has 1 N–H and O–H groups in total. The summed E-state index contributed by atoms with van der Waals surface area (Å²) in [5.41, 5.74) is 2.41. The lowest BCUT2D eigenvalue weighted by atomic mass is 9.56. The second-order valence-electron chi connectivity index (χ2n) is 11.1. The van der Waals surface area contributed by atoms with Crippen LogP contribution in [0.3, 0.4) is 0 Å². The maximum Gasteiger partial charge on any atom is 0.254 e. The molecule has 42 heavy (non-hydrogen) atoms. The third-order valence-corrected chi connectivity index (χ3v) is 11.3. The molecule has 3 fully saturated rings. The predicted molar refractivity (Wildman–Crippen MR) is 161 cm³/mol. The molecule has 2 saturated heterocycles. The number of aryl methyl sites for hydroxylation is 1.